The highest BCUT2D eigenvalue weighted by Crippen LogP contribution is 2.47. The Hall–Kier alpha value is -2.71. The van der Waals surface area contributed by atoms with Gasteiger partial charge >= 0.3 is 5.97 Å². The molecule has 2 aliphatic heterocycles. The summed E-state index contributed by atoms with van der Waals surface area (Å²) in [5.41, 5.74) is 1.41. The maximum absolute atomic E-state index is 13.9. The van der Waals surface area contributed by atoms with Gasteiger partial charge in [-0.25, -0.2) is 4.79 Å². The van der Waals surface area contributed by atoms with Gasteiger partial charge in [-0.15, -0.1) is 11.3 Å². The van der Waals surface area contributed by atoms with Gasteiger partial charge in [0.25, 0.3) is 5.91 Å². The van der Waals surface area contributed by atoms with Crippen molar-refractivity contribution in [3.8, 4) is 0 Å². The predicted molar refractivity (Wildman–Crippen MR) is 130 cm³/mol. The summed E-state index contributed by atoms with van der Waals surface area (Å²) in [6.45, 7) is 8.32. The molecule has 1 fully saturated rings. The molecule has 1 aromatic heterocycles. The fourth-order valence-electron chi connectivity index (χ4n) is 4.65. The number of carboxylic acids is 1. The molecular weight excluding hydrogens is 460 g/mol. The summed E-state index contributed by atoms with van der Waals surface area (Å²) in [6.07, 6.45) is 7.29. The summed E-state index contributed by atoms with van der Waals surface area (Å²) >= 11 is 7.98. The topological polar surface area (TPSA) is 86.1 Å². The molecule has 1 aromatic carbocycles. The Bertz CT molecular complexity index is 1130. The quantitative estimate of drug-likeness (QED) is 0.673. The van der Waals surface area contributed by atoms with E-state index in [1.165, 1.54) is 16.2 Å². The van der Waals surface area contributed by atoms with E-state index in [1.54, 1.807) is 43.2 Å². The Morgan fingerprint density at radius 3 is 2.61 bits per heavy atom. The molecule has 2 aromatic rings. The minimum Gasteiger partial charge on any atom is -0.480 e. The molecule has 174 valence electrons. The molecule has 1 unspecified atom stereocenters. The number of aliphatic carboxylic acids is 1. The minimum absolute atomic E-state index is 0.180. The van der Waals surface area contributed by atoms with Gasteiger partial charge in [0.1, 0.15) is 5.54 Å². The molecule has 7 nitrogen and oxygen atoms in total. The van der Waals surface area contributed by atoms with Crippen LogP contribution in [0.5, 0.6) is 0 Å². The third kappa shape index (κ3) is 4.17. The lowest BCUT2D eigenvalue weighted by Crippen LogP contribution is -2.51. The third-order valence-corrected chi connectivity index (χ3v) is 7.55. The molecule has 1 amide bonds. The number of nitrogens with zero attached hydrogens (tertiary/aromatic N) is 4. The Balaban J connectivity index is 1.81. The molecule has 3 heterocycles. The van der Waals surface area contributed by atoms with Gasteiger partial charge in [0.15, 0.2) is 0 Å². The van der Waals surface area contributed by atoms with Crippen LogP contribution in [0.15, 0.2) is 47.3 Å². The van der Waals surface area contributed by atoms with Crippen molar-refractivity contribution in [3.05, 3.63) is 63.3 Å². The summed E-state index contributed by atoms with van der Waals surface area (Å²) in [5, 5.41) is 10.8. The van der Waals surface area contributed by atoms with Crippen molar-refractivity contribution < 1.29 is 14.7 Å². The number of likely N-dealkylation sites (tertiary alicyclic amines) is 1. The van der Waals surface area contributed by atoms with E-state index in [2.05, 4.69) is 30.7 Å². The van der Waals surface area contributed by atoms with Gasteiger partial charge in [-0.2, -0.15) is 0 Å². The molecule has 33 heavy (non-hydrogen) atoms. The number of aliphatic imine (C=N–C) groups is 1. The van der Waals surface area contributed by atoms with Crippen molar-refractivity contribution in [2.45, 2.75) is 57.2 Å². The maximum Gasteiger partial charge on any atom is 0.329 e. The lowest BCUT2D eigenvalue weighted by Gasteiger charge is -2.36. The molecule has 9 heteroatoms. The number of amides is 1. The monoisotopic (exact) mass is 486 g/mol. The largest absolute Gasteiger partial charge is 0.480 e. The molecular formula is C24H27ClN4O3S. The number of benzene rings is 1. The van der Waals surface area contributed by atoms with Crippen molar-refractivity contribution >= 4 is 41.0 Å². The third-order valence-electron chi connectivity index (χ3n) is 6.40. The molecule has 1 saturated heterocycles. The van der Waals surface area contributed by atoms with E-state index in [0.717, 1.165) is 10.4 Å². The smallest absolute Gasteiger partial charge is 0.329 e. The van der Waals surface area contributed by atoms with Crippen LogP contribution in [0.25, 0.3) is 0 Å². The van der Waals surface area contributed by atoms with Crippen LogP contribution in [0, 0.1) is 0 Å². The van der Waals surface area contributed by atoms with E-state index in [9.17, 15) is 14.7 Å². The predicted octanol–water partition coefficient (Wildman–Crippen LogP) is 4.75. The van der Waals surface area contributed by atoms with Crippen LogP contribution in [0.1, 0.15) is 61.0 Å². The summed E-state index contributed by atoms with van der Waals surface area (Å²) in [5.74, 6) is -1.40. The van der Waals surface area contributed by atoms with E-state index in [0.29, 0.717) is 17.1 Å². The van der Waals surface area contributed by atoms with Gasteiger partial charge < -0.3 is 14.9 Å². The van der Waals surface area contributed by atoms with Crippen LogP contribution in [0.2, 0.25) is 5.02 Å². The summed E-state index contributed by atoms with van der Waals surface area (Å²) in [6, 6.07) is 4.51. The first kappa shape index (κ1) is 23.4. The fraction of sp³-hybridized carbons (Fsp3) is 0.417. The molecule has 0 aliphatic carbocycles. The van der Waals surface area contributed by atoms with E-state index in [1.807, 2.05) is 17.2 Å². The van der Waals surface area contributed by atoms with Crippen LogP contribution < -0.4 is 0 Å². The van der Waals surface area contributed by atoms with Crippen molar-refractivity contribution in [2.75, 3.05) is 6.54 Å². The van der Waals surface area contributed by atoms with Gasteiger partial charge in [0.05, 0.1) is 24.1 Å². The van der Waals surface area contributed by atoms with Gasteiger partial charge in [0, 0.05) is 46.7 Å². The van der Waals surface area contributed by atoms with E-state index >= 15 is 0 Å². The maximum atomic E-state index is 13.9. The lowest BCUT2D eigenvalue weighted by atomic mass is 9.86. The zero-order valence-corrected chi connectivity index (χ0v) is 20.6. The number of hydrogen-bond acceptors (Lipinski definition) is 6. The zero-order chi connectivity index (χ0) is 24.0. The molecule has 0 radical (unpaired) electrons. The summed E-state index contributed by atoms with van der Waals surface area (Å²) in [4.78, 5) is 39.2. The van der Waals surface area contributed by atoms with Crippen molar-refractivity contribution in [1.82, 2.24) is 14.8 Å². The molecule has 0 bridgehead atoms. The average Bonchev–Trinajstić information content (AvgIpc) is 3.39. The molecule has 1 N–H and O–H groups in total. The Morgan fingerprint density at radius 1 is 1.30 bits per heavy atom. The molecule has 2 aliphatic rings. The number of carbonyl (C=O) groups excluding carboxylic acids is 1. The number of carboxylic acid groups (broad SMARTS) is 1. The second kappa shape index (κ2) is 8.57. The van der Waals surface area contributed by atoms with Crippen molar-refractivity contribution in [3.63, 3.8) is 0 Å². The highest BCUT2D eigenvalue weighted by atomic mass is 35.5. The minimum atomic E-state index is -1.41. The van der Waals surface area contributed by atoms with Gasteiger partial charge in [-0.05, 0) is 30.0 Å². The second-order valence-corrected chi connectivity index (χ2v) is 11.0. The molecule has 3 atom stereocenters. The van der Waals surface area contributed by atoms with E-state index < -0.39 is 17.6 Å². The highest BCUT2D eigenvalue weighted by Gasteiger charge is 2.57. The van der Waals surface area contributed by atoms with Gasteiger partial charge in [-0.1, -0.05) is 38.4 Å². The Morgan fingerprint density at radius 2 is 2.06 bits per heavy atom. The number of halogens is 1. The normalized spacial score (nSPS) is 25.0. The van der Waals surface area contributed by atoms with Crippen LogP contribution in [0.4, 0.5) is 0 Å². The Labute approximate surface area is 202 Å². The van der Waals surface area contributed by atoms with Crippen LogP contribution >= 0.6 is 22.9 Å². The number of thiazole rings is 1. The SMILES string of the molecule is CC(C)(C)c1ccc(C(=O)N2C(c3cncs3)[C@@H](N3C=CN=CC3)C[C@@]2(C)C(=O)O)cc1Cl. The molecule has 0 spiro atoms. The first-order chi connectivity index (χ1) is 15.5. The number of carbonyl (C=O) groups is 2. The van der Waals surface area contributed by atoms with Gasteiger partial charge in [0.2, 0.25) is 0 Å². The van der Waals surface area contributed by atoms with Crippen molar-refractivity contribution in [1.29, 1.82) is 0 Å². The van der Waals surface area contributed by atoms with E-state index in [-0.39, 0.29) is 23.8 Å². The summed E-state index contributed by atoms with van der Waals surface area (Å²) in [7, 11) is 0. The lowest BCUT2D eigenvalue weighted by molar-refractivity contribution is -0.147. The number of rotatable bonds is 4. The second-order valence-electron chi connectivity index (χ2n) is 9.65. The van der Waals surface area contributed by atoms with E-state index in [4.69, 9.17) is 11.6 Å². The first-order valence-electron chi connectivity index (χ1n) is 10.7. The summed E-state index contributed by atoms with van der Waals surface area (Å²) < 4.78 is 0. The average molecular weight is 487 g/mol. The Kier molecular flexibility index (Phi) is 6.09. The fourth-order valence-corrected chi connectivity index (χ4v) is 5.88. The van der Waals surface area contributed by atoms with Crippen LogP contribution in [-0.2, 0) is 10.2 Å². The molecule has 0 saturated carbocycles. The number of aromatic nitrogens is 1. The zero-order valence-electron chi connectivity index (χ0n) is 19.0. The van der Waals surface area contributed by atoms with Crippen LogP contribution in [0.3, 0.4) is 0 Å². The number of hydrogen-bond donors (Lipinski definition) is 1. The molecule has 4 rings (SSSR count). The first-order valence-corrected chi connectivity index (χ1v) is 12.0. The highest BCUT2D eigenvalue weighted by molar-refractivity contribution is 7.09. The standard InChI is InChI=1S/C24H27ClN4O3S/c1-23(2,3)16-6-5-15(11-17(16)25)21(30)29-20(19-13-27-14-33-19)18(12-24(29,4)22(31)32)28-9-7-26-8-10-28/h5-9,11,13-14,18,20H,10,12H2,1-4H3,(H,31,32)/t18-,20?,24-/m0/s1. The van der Waals surface area contributed by atoms with Gasteiger partial charge in [-0.3, -0.25) is 14.8 Å². The van der Waals surface area contributed by atoms with Crippen molar-refractivity contribution in [2.24, 2.45) is 4.99 Å². The van der Waals surface area contributed by atoms with Crippen LogP contribution in [-0.4, -0.2) is 56.1 Å².